The third-order valence-corrected chi connectivity index (χ3v) is 4.83. The van der Waals surface area contributed by atoms with E-state index in [2.05, 4.69) is 5.32 Å². The van der Waals surface area contributed by atoms with Crippen LogP contribution in [0, 0.1) is 0 Å². The van der Waals surface area contributed by atoms with E-state index in [0.717, 1.165) is 4.57 Å². The second-order valence-corrected chi connectivity index (χ2v) is 6.61. The second-order valence-electron chi connectivity index (χ2n) is 6.61. The Hall–Kier alpha value is -3.66. The molecule has 3 aromatic rings. The molecule has 2 aromatic heterocycles. The van der Waals surface area contributed by atoms with Gasteiger partial charge in [-0.05, 0) is 18.2 Å². The first-order valence-corrected chi connectivity index (χ1v) is 9.08. The number of anilines is 1. The molecule has 0 fully saturated rings. The van der Waals surface area contributed by atoms with Crippen LogP contribution in [-0.2, 0) is 30.1 Å². The molecular weight excluding hydrogens is 392 g/mol. The van der Waals surface area contributed by atoms with Crippen molar-refractivity contribution in [1.29, 1.82) is 0 Å². The number of nitrogens with zero attached hydrogens (tertiary/aromatic N) is 3. The molecule has 1 amide bonds. The molecule has 0 saturated carbocycles. The summed E-state index contributed by atoms with van der Waals surface area (Å²) in [5.74, 6) is -1.14. The van der Waals surface area contributed by atoms with Crippen LogP contribution in [0.25, 0.3) is 11.0 Å². The Morgan fingerprint density at radius 2 is 1.77 bits per heavy atom. The third kappa shape index (κ3) is 3.52. The van der Waals surface area contributed by atoms with Crippen LogP contribution in [0.5, 0.6) is 0 Å². The number of nitrogens with one attached hydrogen (secondary N) is 1. The van der Waals surface area contributed by atoms with Gasteiger partial charge < -0.3 is 19.4 Å². The maximum Gasteiger partial charge on any atom is 0.339 e. The lowest BCUT2D eigenvalue weighted by molar-refractivity contribution is 0.0602. The Kier molecular flexibility index (Phi) is 5.88. The quantitative estimate of drug-likeness (QED) is 0.595. The van der Waals surface area contributed by atoms with Crippen molar-refractivity contribution in [2.45, 2.75) is 6.54 Å². The fraction of sp³-hybridized carbons (Fsp3) is 0.300. The van der Waals surface area contributed by atoms with Crippen molar-refractivity contribution < 1.29 is 19.1 Å². The summed E-state index contributed by atoms with van der Waals surface area (Å²) in [5.41, 5.74) is -0.0944. The van der Waals surface area contributed by atoms with Crippen LogP contribution >= 0.6 is 0 Å². The highest BCUT2D eigenvalue weighted by Gasteiger charge is 2.22. The molecule has 3 rings (SSSR count). The van der Waals surface area contributed by atoms with E-state index in [-0.39, 0.29) is 35.5 Å². The number of carbonyl (C=O) groups excluding carboxylic acids is 2. The Morgan fingerprint density at radius 3 is 2.43 bits per heavy atom. The summed E-state index contributed by atoms with van der Waals surface area (Å²) < 4.78 is 13.7. The third-order valence-electron chi connectivity index (χ3n) is 4.83. The van der Waals surface area contributed by atoms with Crippen molar-refractivity contribution in [2.24, 2.45) is 14.1 Å². The minimum absolute atomic E-state index is 0.153. The number of hydrogen-bond donors (Lipinski definition) is 1. The zero-order valence-electron chi connectivity index (χ0n) is 17.1. The standard InChI is InChI=1S/C20H22N4O6/c1-22-17-13(18(26)23(2)20(22)28)11-15(24(17)9-10-29-3)16(25)21-14-8-6-5-7-12(14)19(27)30-4/h5-8,11H,9-10H2,1-4H3,(H,21,25). The summed E-state index contributed by atoms with van der Waals surface area (Å²) in [4.78, 5) is 50.1. The van der Waals surface area contributed by atoms with E-state index in [0.29, 0.717) is 5.65 Å². The monoisotopic (exact) mass is 414 g/mol. The molecule has 0 aliphatic carbocycles. The van der Waals surface area contributed by atoms with Crippen molar-refractivity contribution in [2.75, 3.05) is 26.1 Å². The number of amides is 1. The Balaban J connectivity index is 2.16. The number of hydrogen-bond acceptors (Lipinski definition) is 6. The molecule has 30 heavy (non-hydrogen) atoms. The summed E-state index contributed by atoms with van der Waals surface area (Å²) in [5, 5.41) is 2.91. The minimum atomic E-state index is -0.595. The number of carbonyl (C=O) groups is 2. The van der Waals surface area contributed by atoms with Gasteiger partial charge in [0.1, 0.15) is 11.3 Å². The van der Waals surface area contributed by atoms with E-state index in [1.165, 1.54) is 45.0 Å². The van der Waals surface area contributed by atoms with Gasteiger partial charge in [0.15, 0.2) is 0 Å². The molecule has 1 N–H and O–H groups in total. The molecule has 10 heteroatoms. The maximum absolute atomic E-state index is 13.1. The fourth-order valence-electron chi connectivity index (χ4n) is 3.30. The van der Waals surface area contributed by atoms with E-state index in [1.807, 2.05) is 0 Å². The molecule has 158 valence electrons. The summed E-state index contributed by atoms with van der Waals surface area (Å²) in [7, 11) is 5.67. The van der Waals surface area contributed by atoms with Crippen LogP contribution in [0.4, 0.5) is 5.69 Å². The zero-order valence-corrected chi connectivity index (χ0v) is 17.1. The van der Waals surface area contributed by atoms with E-state index in [9.17, 15) is 19.2 Å². The Labute approximate surface area is 171 Å². The van der Waals surface area contributed by atoms with E-state index >= 15 is 0 Å². The lowest BCUT2D eigenvalue weighted by atomic mass is 10.1. The molecule has 0 atom stereocenters. The number of aromatic nitrogens is 3. The van der Waals surface area contributed by atoms with Gasteiger partial charge in [-0.1, -0.05) is 12.1 Å². The van der Waals surface area contributed by atoms with Gasteiger partial charge in [-0.15, -0.1) is 0 Å². The van der Waals surface area contributed by atoms with Crippen LogP contribution in [0.3, 0.4) is 0 Å². The summed E-state index contributed by atoms with van der Waals surface area (Å²) in [6.45, 7) is 0.494. The van der Waals surface area contributed by atoms with Crippen molar-refractivity contribution in [3.05, 3.63) is 62.4 Å². The van der Waals surface area contributed by atoms with E-state index in [1.54, 1.807) is 22.8 Å². The van der Waals surface area contributed by atoms with Crippen molar-refractivity contribution in [3.63, 3.8) is 0 Å². The highest BCUT2D eigenvalue weighted by molar-refractivity contribution is 6.09. The molecule has 0 aliphatic heterocycles. The van der Waals surface area contributed by atoms with Crippen LogP contribution in [-0.4, -0.2) is 46.4 Å². The largest absolute Gasteiger partial charge is 0.465 e. The number of aryl methyl sites for hydroxylation is 1. The molecular formula is C20H22N4O6. The van der Waals surface area contributed by atoms with Gasteiger partial charge in [0, 0.05) is 27.7 Å². The average Bonchev–Trinajstić information content (AvgIpc) is 3.14. The first kappa shape index (κ1) is 21.1. The van der Waals surface area contributed by atoms with Crippen LogP contribution < -0.4 is 16.6 Å². The first-order chi connectivity index (χ1) is 14.3. The molecule has 0 spiro atoms. The van der Waals surface area contributed by atoms with Gasteiger partial charge in [-0.3, -0.25) is 18.7 Å². The number of benzene rings is 1. The molecule has 0 saturated heterocycles. The second kappa shape index (κ2) is 8.37. The Bertz CT molecular complexity index is 1250. The summed E-state index contributed by atoms with van der Waals surface area (Å²) in [6.07, 6.45) is 0. The predicted octanol–water partition coefficient (Wildman–Crippen LogP) is 0.724. The molecule has 10 nitrogen and oxygen atoms in total. The number of fused-ring (bicyclic) bond motifs is 1. The fourth-order valence-corrected chi connectivity index (χ4v) is 3.30. The molecule has 0 radical (unpaired) electrons. The smallest absolute Gasteiger partial charge is 0.339 e. The van der Waals surface area contributed by atoms with E-state index < -0.39 is 23.1 Å². The SMILES string of the molecule is COCCn1c(C(=O)Nc2ccccc2C(=O)OC)cc2c(=O)n(C)c(=O)n(C)c21. The molecule has 2 heterocycles. The molecule has 0 unspecified atom stereocenters. The van der Waals surface area contributed by atoms with E-state index in [4.69, 9.17) is 9.47 Å². The Morgan fingerprint density at radius 1 is 1.07 bits per heavy atom. The number of esters is 1. The highest BCUT2D eigenvalue weighted by atomic mass is 16.5. The van der Waals surface area contributed by atoms with Crippen molar-refractivity contribution in [1.82, 2.24) is 13.7 Å². The minimum Gasteiger partial charge on any atom is -0.465 e. The number of methoxy groups -OCH3 is 2. The highest BCUT2D eigenvalue weighted by Crippen LogP contribution is 2.20. The molecule has 0 aliphatic rings. The maximum atomic E-state index is 13.1. The topological polar surface area (TPSA) is 114 Å². The first-order valence-electron chi connectivity index (χ1n) is 9.08. The average molecular weight is 414 g/mol. The van der Waals surface area contributed by atoms with Crippen LogP contribution in [0.2, 0.25) is 0 Å². The van der Waals surface area contributed by atoms with Crippen LogP contribution in [0.1, 0.15) is 20.8 Å². The van der Waals surface area contributed by atoms with Gasteiger partial charge in [-0.2, -0.15) is 0 Å². The summed E-state index contributed by atoms with van der Waals surface area (Å²) >= 11 is 0. The van der Waals surface area contributed by atoms with Crippen LogP contribution in [0.15, 0.2) is 39.9 Å². The number of para-hydroxylation sites is 1. The van der Waals surface area contributed by atoms with Gasteiger partial charge in [-0.25, -0.2) is 9.59 Å². The molecule has 0 bridgehead atoms. The van der Waals surface area contributed by atoms with Crippen molar-refractivity contribution >= 4 is 28.6 Å². The number of ether oxygens (including phenoxy) is 2. The van der Waals surface area contributed by atoms with Gasteiger partial charge in [0.25, 0.3) is 11.5 Å². The lowest BCUT2D eigenvalue weighted by Gasteiger charge is -2.13. The van der Waals surface area contributed by atoms with Gasteiger partial charge in [0.05, 0.1) is 30.4 Å². The lowest BCUT2D eigenvalue weighted by Crippen LogP contribution is -2.37. The summed E-state index contributed by atoms with van der Waals surface area (Å²) in [6, 6.07) is 7.85. The zero-order chi connectivity index (χ0) is 22.0. The van der Waals surface area contributed by atoms with Gasteiger partial charge in [0.2, 0.25) is 0 Å². The molecule has 1 aromatic carbocycles. The van der Waals surface area contributed by atoms with Crippen molar-refractivity contribution in [3.8, 4) is 0 Å². The predicted molar refractivity (Wildman–Crippen MR) is 110 cm³/mol. The normalized spacial score (nSPS) is 10.9. The van der Waals surface area contributed by atoms with Gasteiger partial charge >= 0.3 is 11.7 Å². The number of rotatable bonds is 6.